The maximum Gasteiger partial charge on any atom is 0.287 e. The molecule has 0 aliphatic heterocycles. The molecule has 1 aromatic rings. The van der Waals surface area contributed by atoms with E-state index in [1.807, 2.05) is 0 Å². The van der Waals surface area contributed by atoms with Crippen LogP contribution >= 0.6 is 11.6 Å². The van der Waals surface area contributed by atoms with E-state index in [1.165, 1.54) is 6.20 Å². The van der Waals surface area contributed by atoms with Gasteiger partial charge in [-0.3, -0.25) is 4.79 Å². The van der Waals surface area contributed by atoms with Crippen LogP contribution in [0.2, 0.25) is 5.02 Å². The van der Waals surface area contributed by atoms with Crippen molar-refractivity contribution in [1.29, 1.82) is 0 Å². The summed E-state index contributed by atoms with van der Waals surface area (Å²) in [6, 6.07) is 0.428. The third kappa shape index (κ3) is 2.30. The van der Waals surface area contributed by atoms with Crippen molar-refractivity contribution < 1.29 is 5.11 Å². The number of hydrogen-bond donors (Lipinski definition) is 2. The number of rotatable bonds is 4. The summed E-state index contributed by atoms with van der Waals surface area (Å²) >= 11 is 5.89. The van der Waals surface area contributed by atoms with E-state index in [-0.39, 0.29) is 23.7 Å². The van der Waals surface area contributed by atoms with E-state index in [4.69, 9.17) is 16.7 Å². The summed E-state index contributed by atoms with van der Waals surface area (Å²) in [6.45, 7) is 0.0426. The van der Waals surface area contributed by atoms with E-state index in [2.05, 4.69) is 10.4 Å². The van der Waals surface area contributed by atoms with Gasteiger partial charge in [-0.25, -0.2) is 4.68 Å². The lowest BCUT2D eigenvalue weighted by Crippen LogP contribution is -2.25. The van der Waals surface area contributed by atoms with Crippen LogP contribution < -0.4 is 10.9 Å². The smallest absolute Gasteiger partial charge is 0.287 e. The van der Waals surface area contributed by atoms with Gasteiger partial charge in [-0.05, 0) is 12.8 Å². The first-order valence-electron chi connectivity index (χ1n) is 4.85. The lowest BCUT2D eigenvalue weighted by atomic mass is 10.4. The van der Waals surface area contributed by atoms with Gasteiger partial charge in [-0.1, -0.05) is 11.6 Å². The van der Waals surface area contributed by atoms with Gasteiger partial charge in [-0.2, -0.15) is 5.10 Å². The first kappa shape index (κ1) is 10.4. The van der Waals surface area contributed by atoms with E-state index in [9.17, 15) is 4.79 Å². The summed E-state index contributed by atoms with van der Waals surface area (Å²) in [7, 11) is 0. The first-order valence-corrected chi connectivity index (χ1v) is 5.23. The molecule has 0 atom stereocenters. The van der Waals surface area contributed by atoms with Crippen LogP contribution in [0.3, 0.4) is 0 Å². The van der Waals surface area contributed by atoms with Crippen LogP contribution in [0.15, 0.2) is 11.0 Å². The molecule has 82 valence electrons. The molecular weight excluding hydrogens is 218 g/mol. The normalized spacial score (nSPS) is 15.3. The Balaban J connectivity index is 2.26. The lowest BCUT2D eigenvalue weighted by molar-refractivity contribution is 0.266. The standard InChI is InChI=1S/C9H12ClN3O2/c10-8-7(12-6-1-2-6)5-11-13(3-4-14)9(8)15/h5-6,12,14H,1-4H2. The molecule has 1 saturated carbocycles. The number of aromatic nitrogens is 2. The molecule has 0 unspecified atom stereocenters. The molecule has 1 aliphatic carbocycles. The molecule has 0 amide bonds. The molecule has 0 radical (unpaired) electrons. The SMILES string of the molecule is O=c1c(Cl)c(NC2CC2)cnn1CCO. The second-order valence-electron chi connectivity index (χ2n) is 3.54. The first-order chi connectivity index (χ1) is 7.22. The van der Waals surface area contributed by atoms with Crippen LogP contribution in [-0.4, -0.2) is 27.5 Å². The van der Waals surface area contributed by atoms with Gasteiger partial charge in [0, 0.05) is 6.04 Å². The maximum atomic E-state index is 11.6. The van der Waals surface area contributed by atoms with E-state index in [0.29, 0.717) is 11.7 Å². The van der Waals surface area contributed by atoms with E-state index >= 15 is 0 Å². The third-order valence-corrected chi connectivity index (χ3v) is 2.60. The molecule has 2 N–H and O–H groups in total. The van der Waals surface area contributed by atoms with Crippen LogP contribution in [0.4, 0.5) is 5.69 Å². The van der Waals surface area contributed by atoms with Crippen molar-refractivity contribution in [3.8, 4) is 0 Å². The predicted octanol–water partition coefficient (Wildman–Crippen LogP) is 0.463. The molecule has 1 aromatic heterocycles. The van der Waals surface area contributed by atoms with Crippen LogP contribution in [0.25, 0.3) is 0 Å². The van der Waals surface area contributed by atoms with Crippen molar-refractivity contribution >= 4 is 17.3 Å². The molecule has 5 nitrogen and oxygen atoms in total. The summed E-state index contributed by atoms with van der Waals surface area (Å²) in [5.41, 5.74) is 0.217. The average molecular weight is 230 g/mol. The number of halogens is 1. The monoisotopic (exact) mass is 229 g/mol. The molecule has 6 heteroatoms. The molecule has 0 spiro atoms. The molecule has 0 bridgehead atoms. The van der Waals surface area contributed by atoms with Gasteiger partial charge in [0.05, 0.1) is 25.0 Å². The zero-order chi connectivity index (χ0) is 10.8. The fourth-order valence-corrected chi connectivity index (χ4v) is 1.47. The van der Waals surface area contributed by atoms with Crippen molar-refractivity contribution in [1.82, 2.24) is 9.78 Å². The molecule has 1 fully saturated rings. The number of anilines is 1. The fraction of sp³-hybridized carbons (Fsp3) is 0.556. The molecule has 0 aromatic carbocycles. The highest BCUT2D eigenvalue weighted by Crippen LogP contribution is 2.26. The highest BCUT2D eigenvalue weighted by Gasteiger charge is 2.22. The van der Waals surface area contributed by atoms with Gasteiger partial charge >= 0.3 is 0 Å². The second kappa shape index (κ2) is 4.20. The molecule has 1 aliphatic rings. The van der Waals surface area contributed by atoms with Crippen molar-refractivity contribution in [2.45, 2.75) is 25.4 Å². The lowest BCUT2D eigenvalue weighted by Gasteiger charge is -2.08. The number of aliphatic hydroxyl groups is 1. The van der Waals surface area contributed by atoms with Crippen molar-refractivity contribution in [2.75, 3.05) is 11.9 Å². The topological polar surface area (TPSA) is 67.2 Å². The highest BCUT2D eigenvalue weighted by molar-refractivity contribution is 6.32. The van der Waals surface area contributed by atoms with Gasteiger partial charge in [0.25, 0.3) is 5.56 Å². The zero-order valence-electron chi connectivity index (χ0n) is 8.11. The molecule has 2 rings (SSSR count). The van der Waals surface area contributed by atoms with Gasteiger partial charge in [0.2, 0.25) is 0 Å². The van der Waals surface area contributed by atoms with Crippen LogP contribution in [0, 0.1) is 0 Å². The Morgan fingerprint density at radius 3 is 3.00 bits per heavy atom. The Kier molecular flexibility index (Phi) is 2.93. The minimum atomic E-state index is -0.364. The summed E-state index contributed by atoms with van der Waals surface area (Å²) in [5, 5.41) is 15.9. The minimum Gasteiger partial charge on any atom is -0.394 e. The van der Waals surface area contributed by atoms with E-state index < -0.39 is 0 Å². The van der Waals surface area contributed by atoms with Gasteiger partial charge in [0.1, 0.15) is 5.02 Å². The van der Waals surface area contributed by atoms with Crippen molar-refractivity contribution in [3.05, 3.63) is 21.6 Å². The van der Waals surface area contributed by atoms with Gasteiger partial charge in [-0.15, -0.1) is 0 Å². The van der Waals surface area contributed by atoms with Gasteiger partial charge in [0.15, 0.2) is 0 Å². The molecular formula is C9H12ClN3O2. The molecule has 1 heterocycles. The maximum absolute atomic E-state index is 11.6. The molecule has 0 saturated heterocycles. The van der Waals surface area contributed by atoms with E-state index in [0.717, 1.165) is 17.5 Å². The Bertz CT molecular complexity index is 414. The third-order valence-electron chi connectivity index (χ3n) is 2.23. The summed E-state index contributed by atoms with van der Waals surface area (Å²) in [6.07, 6.45) is 3.74. The van der Waals surface area contributed by atoms with Gasteiger partial charge < -0.3 is 10.4 Å². The average Bonchev–Trinajstić information content (AvgIpc) is 3.02. The van der Waals surface area contributed by atoms with Crippen molar-refractivity contribution in [3.63, 3.8) is 0 Å². The largest absolute Gasteiger partial charge is 0.394 e. The summed E-state index contributed by atoms with van der Waals surface area (Å²) in [4.78, 5) is 11.6. The fourth-order valence-electron chi connectivity index (χ4n) is 1.27. The number of nitrogens with one attached hydrogen (secondary N) is 1. The van der Waals surface area contributed by atoms with Crippen LogP contribution in [0.1, 0.15) is 12.8 Å². The number of aliphatic hydroxyl groups excluding tert-OH is 1. The quantitative estimate of drug-likeness (QED) is 0.788. The number of hydrogen-bond acceptors (Lipinski definition) is 4. The second-order valence-corrected chi connectivity index (χ2v) is 3.92. The highest BCUT2D eigenvalue weighted by atomic mass is 35.5. The van der Waals surface area contributed by atoms with Crippen LogP contribution in [-0.2, 0) is 6.54 Å². The van der Waals surface area contributed by atoms with Crippen molar-refractivity contribution in [2.24, 2.45) is 0 Å². The van der Waals surface area contributed by atoms with Crippen LogP contribution in [0.5, 0.6) is 0 Å². The summed E-state index contributed by atoms with van der Waals surface area (Å²) < 4.78 is 1.15. The Morgan fingerprint density at radius 1 is 1.67 bits per heavy atom. The zero-order valence-corrected chi connectivity index (χ0v) is 8.87. The predicted molar refractivity (Wildman–Crippen MR) is 57.2 cm³/mol. The Hall–Kier alpha value is -1.07. The Labute approximate surface area is 91.7 Å². The minimum absolute atomic E-state index is 0.126. The summed E-state index contributed by atoms with van der Waals surface area (Å²) in [5.74, 6) is 0. The Morgan fingerprint density at radius 2 is 2.40 bits per heavy atom. The molecule has 15 heavy (non-hydrogen) atoms. The number of nitrogens with zero attached hydrogens (tertiary/aromatic N) is 2. The van der Waals surface area contributed by atoms with E-state index in [1.54, 1.807) is 0 Å².